The zero-order valence-electron chi connectivity index (χ0n) is 10.0. The van der Waals surface area contributed by atoms with Crippen LogP contribution in [-0.2, 0) is 39.7 Å². The zero-order valence-corrected chi connectivity index (χ0v) is 12.9. The first kappa shape index (κ1) is 21.6. The summed E-state index contributed by atoms with van der Waals surface area (Å²) in [7, 11) is -9.82. The Bertz CT molecular complexity index is 433. The second kappa shape index (κ2) is 7.42. The third kappa shape index (κ3) is 6.68. The average molecular weight is 399 g/mol. The van der Waals surface area contributed by atoms with Gasteiger partial charge in [-0.2, -0.15) is 0 Å². The largest absolute Gasteiger partial charge is 0.469 e. The van der Waals surface area contributed by atoms with Gasteiger partial charge in [0.1, 0.15) is 24.9 Å². The Hall–Kier alpha value is 0.566. The van der Waals surface area contributed by atoms with Crippen molar-refractivity contribution >= 4 is 15.6 Å². The first-order valence-corrected chi connectivity index (χ1v) is 8.07. The van der Waals surface area contributed by atoms with E-state index < -0.39 is 53.0 Å². The molecule has 0 saturated carbocycles. The van der Waals surface area contributed by atoms with Gasteiger partial charge in [0.2, 0.25) is 5.79 Å². The van der Waals surface area contributed by atoms with E-state index in [9.17, 15) is 24.4 Å². The van der Waals surface area contributed by atoms with Gasteiger partial charge in [0.15, 0.2) is 0 Å². The molecule has 1 fully saturated rings. The first-order valence-electron chi connectivity index (χ1n) is 5.00. The van der Waals surface area contributed by atoms with E-state index in [-0.39, 0.29) is 16.8 Å². The van der Waals surface area contributed by atoms with Gasteiger partial charge in [0.25, 0.3) is 0 Å². The summed E-state index contributed by atoms with van der Waals surface area (Å²) >= 11 is 0. The number of hydrogen-bond donors (Lipinski definition) is 7. The third-order valence-corrected chi connectivity index (χ3v) is 3.32. The van der Waals surface area contributed by atoms with Gasteiger partial charge in [-0.15, -0.1) is 0 Å². The standard InChI is InChI=1S/C6H14O12P2.Co/c7-4-3(1-16-19(10,11)12)18-6(9,5(4)8)2-17-20(13,14)15;/h3-5,7-9H,1-2H2,(H2,10,11,12)(H2,13,14,15);/t3-,4-,5+,6-;/m1./s1. The Morgan fingerprint density at radius 2 is 1.52 bits per heavy atom. The molecule has 129 valence electrons. The summed E-state index contributed by atoms with van der Waals surface area (Å²) in [4.78, 5) is 33.9. The van der Waals surface area contributed by atoms with Gasteiger partial charge in [-0.05, 0) is 0 Å². The molecule has 0 amide bonds. The minimum absolute atomic E-state index is 0. The van der Waals surface area contributed by atoms with Crippen molar-refractivity contribution in [3.63, 3.8) is 0 Å². The van der Waals surface area contributed by atoms with Gasteiger partial charge in [-0.25, -0.2) is 9.13 Å². The Kier molecular flexibility index (Phi) is 7.62. The SMILES string of the molecule is O=P(O)(O)OC[C@H]1O[C@](O)(COP(=O)(O)O)[C@@H](O)[C@@H]1O.[Co]. The Labute approximate surface area is 128 Å². The predicted molar refractivity (Wildman–Crippen MR) is 57.8 cm³/mol. The monoisotopic (exact) mass is 399 g/mol. The summed E-state index contributed by atoms with van der Waals surface area (Å²) in [5.41, 5.74) is 0. The van der Waals surface area contributed by atoms with E-state index in [0.717, 1.165) is 0 Å². The molecule has 0 bridgehead atoms. The van der Waals surface area contributed by atoms with E-state index in [1.807, 2.05) is 0 Å². The summed E-state index contributed by atoms with van der Waals surface area (Å²) in [6.45, 7) is -2.05. The zero-order chi connectivity index (χ0) is 15.8. The fourth-order valence-corrected chi connectivity index (χ4v) is 2.17. The topological polar surface area (TPSA) is 203 Å². The number of rotatable bonds is 6. The van der Waals surface area contributed by atoms with Crippen LogP contribution in [0, 0.1) is 0 Å². The third-order valence-electron chi connectivity index (χ3n) is 2.37. The molecule has 1 aliphatic heterocycles. The number of aliphatic hydroxyl groups excluding tert-OH is 2. The van der Waals surface area contributed by atoms with Gasteiger partial charge in [-0.1, -0.05) is 0 Å². The summed E-state index contributed by atoms with van der Waals surface area (Å²) in [5, 5.41) is 28.8. The summed E-state index contributed by atoms with van der Waals surface area (Å²) in [5.74, 6) is -2.66. The van der Waals surface area contributed by atoms with Crippen LogP contribution in [0.2, 0.25) is 0 Å². The molecule has 12 nitrogen and oxygen atoms in total. The number of phosphoric acid groups is 2. The van der Waals surface area contributed by atoms with E-state index in [1.54, 1.807) is 0 Å². The smallest absolute Gasteiger partial charge is 0.387 e. The van der Waals surface area contributed by atoms with Crippen molar-refractivity contribution in [3.05, 3.63) is 0 Å². The van der Waals surface area contributed by atoms with Crippen molar-refractivity contribution < 1.29 is 74.6 Å². The molecular weight excluding hydrogens is 385 g/mol. The van der Waals surface area contributed by atoms with E-state index in [4.69, 9.17) is 19.6 Å². The molecule has 21 heavy (non-hydrogen) atoms. The average Bonchev–Trinajstić information content (AvgIpc) is 2.48. The van der Waals surface area contributed by atoms with Crippen molar-refractivity contribution in [1.29, 1.82) is 0 Å². The molecule has 0 unspecified atom stereocenters. The maximum Gasteiger partial charge on any atom is 0.469 e. The minimum Gasteiger partial charge on any atom is -0.387 e. The molecule has 1 aliphatic rings. The number of ether oxygens (including phenoxy) is 1. The van der Waals surface area contributed by atoms with E-state index in [0.29, 0.717) is 0 Å². The van der Waals surface area contributed by atoms with Crippen molar-refractivity contribution in [2.45, 2.75) is 24.1 Å². The van der Waals surface area contributed by atoms with E-state index in [1.165, 1.54) is 0 Å². The normalized spacial score (nSPS) is 33.8. The van der Waals surface area contributed by atoms with Gasteiger partial charge in [-0.3, -0.25) is 9.05 Å². The van der Waals surface area contributed by atoms with Gasteiger partial charge in [0, 0.05) is 16.8 Å². The van der Waals surface area contributed by atoms with E-state index in [2.05, 4.69) is 13.8 Å². The second-order valence-electron chi connectivity index (χ2n) is 3.99. The molecule has 0 spiro atoms. The van der Waals surface area contributed by atoms with Crippen molar-refractivity contribution in [2.75, 3.05) is 13.2 Å². The Morgan fingerprint density at radius 3 is 1.95 bits per heavy atom. The van der Waals surface area contributed by atoms with Crippen LogP contribution in [-0.4, -0.2) is 72.2 Å². The maximum absolute atomic E-state index is 10.5. The van der Waals surface area contributed by atoms with Crippen LogP contribution in [0.25, 0.3) is 0 Å². The van der Waals surface area contributed by atoms with Crippen LogP contribution in [0.4, 0.5) is 0 Å². The van der Waals surface area contributed by atoms with Crippen LogP contribution in [0.3, 0.4) is 0 Å². The Balaban J connectivity index is 0.00000400. The molecule has 0 aromatic rings. The summed E-state index contributed by atoms with van der Waals surface area (Å²) in [6, 6.07) is 0. The molecule has 1 radical (unpaired) electrons. The summed E-state index contributed by atoms with van der Waals surface area (Å²) in [6.07, 6.45) is -5.38. The molecular formula is C6H14CoO12P2. The molecule has 1 heterocycles. The second-order valence-corrected chi connectivity index (χ2v) is 6.47. The van der Waals surface area contributed by atoms with Crippen molar-refractivity contribution in [3.8, 4) is 0 Å². The fraction of sp³-hybridized carbons (Fsp3) is 1.00. The summed E-state index contributed by atoms with van der Waals surface area (Å²) < 4.78 is 33.6. The Morgan fingerprint density at radius 1 is 1.05 bits per heavy atom. The van der Waals surface area contributed by atoms with Gasteiger partial charge in [0.05, 0.1) is 6.61 Å². The van der Waals surface area contributed by atoms with Crippen LogP contribution in [0.1, 0.15) is 0 Å². The van der Waals surface area contributed by atoms with Crippen LogP contribution < -0.4 is 0 Å². The van der Waals surface area contributed by atoms with Crippen molar-refractivity contribution in [1.82, 2.24) is 0 Å². The molecule has 0 aliphatic carbocycles. The van der Waals surface area contributed by atoms with E-state index >= 15 is 0 Å². The molecule has 0 aromatic heterocycles. The molecule has 7 N–H and O–H groups in total. The molecule has 0 aromatic carbocycles. The maximum atomic E-state index is 10.5. The van der Waals surface area contributed by atoms with Crippen LogP contribution >= 0.6 is 15.6 Å². The molecule has 1 saturated heterocycles. The first-order chi connectivity index (χ1) is 8.84. The van der Waals surface area contributed by atoms with Crippen LogP contribution in [0.15, 0.2) is 0 Å². The fourth-order valence-electron chi connectivity index (χ4n) is 1.47. The van der Waals surface area contributed by atoms with Crippen molar-refractivity contribution in [2.24, 2.45) is 0 Å². The quantitative estimate of drug-likeness (QED) is 0.224. The van der Waals surface area contributed by atoms with Gasteiger partial charge < -0.3 is 39.6 Å². The number of phosphoric ester groups is 2. The predicted octanol–water partition coefficient (Wildman–Crippen LogP) is -2.99. The number of aliphatic hydroxyl groups is 3. The molecule has 4 atom stereocenters. The molecule has 1 rings (SSSR count). The molecule has 15 heteroatoms. The minimum atomic E-state index is -4.96. The van der Waals surface area contributed by atoms with Crippen LogP contribution in [0.5, 0.6) is 0 Å². The number of hydrogen-bond acceptors (Lipinski definition) is 8. The van der Waals surface area contributed by atoms with Gasteiger partial charge >= 0.3 is 15.6 Å².